The van der Waals surface area contributed by atoms with Gasteiger partial charge in [-0.15, -0.1) is 0 Å². The van der Waals surface area contributed by atoms with Crippen LogP contribution >= 0.6 is 0 Å². The fraction of sp³-hybridized carbons (Fsp3) is 0.625. The summed E-state index contributed by atoms with van der Waals surface area (Å²) in [7, 11) is 1.68. The van der Waals surface area contributed by atoms with E-state index >= 15 is 0 Å². The molecule has 0 heterocycles. The van der Waals surface area contributed by atoms with Gasteiger partial charge in [0.15, 0.2) is 0 Å². The Morgan fingerprint density at radius 1 is 1.26 bits per heavy atom. The third kappa shape index (κ3) is 1.87. The molecule has 0 aliphatic heterocycles. The summed E-state index contributed by atoms with van der Waals surface area (Å²) in [6.45, 7) is 0.600. The van der Waals surface area contributed by atoms with E-state index in [2.05, 4.69) is 12.1 Å². The number of benzene rings is 1. The fourth-order valence-electron chi connectivity index (χ4n) is 3.80. The van der Waals surface area contributed by atoms with E-state index in [1.165, 1.54) is 17.5 Å². The van der Waals surface area contributed by atoms with Gasteiger partial charge in [-0.1, -0.05) is 12.5 Å². The molecule has 2 aliphatic rings. The minimum atomic E-state index is -0.626. The Hall–Kier alpha value is -1.06. The SMILES string of the molecule is COc1ccc2c(c1)CC(O)(C1(CN)CCC1)CC2. The first-order valence-corrected chi connectivity index (χ1v) is 7.21. The highest BCUT2D eigenvalue weighted by Gasteiger charge is 2.53. The molecule has 104 valence electrons. The maximum Gasteiger partial charge on any atom is 0.119 e. The average molecular weight is 261 g/mol. The third-order valence-electron chi connectivity index (χ3n) is 5.39. The maximum atomic E-state index is 11.1. The number of ether oxygens (including phenoxy) is 1. The zero-order chi connectivity index (χ0) is 13.5. The molecular formula is C16H23NO2. The van der Waals surface area contributed by atoms with E-state index in [9.17, 15) is 5.11 Å². The van der Waals surface area contributed by atoms with Crippen molar-refractivity contribution < 1.29 is 9.84 Å². The molecule has 0 amide bonds. The van der Waals surface area contributed by atoms with E-state index in [1.807, 2.05) is 6.07 Å². The number of fused-ring (bicyclic) bond motifs is 1. The first-order chi connectivity index (χ1) is 9.12. The number of nitrogens with two attached hydrogens (primary N) is 1. The monoisotopic (exact) mass is 261 g/mol. The molecule has 3 nitrogen and oxygen atoms in total. The lowest BCUT2D eigenvalue weighted by Crippen LogP contribution is -2.59. The van der Waals surface area contributed by atoms with Crippen LogP contribution in [0.1, 0.15) is 36.8 Å². The van der Waals surface area contributed by atoms with Crippen molar-refractivity contribution in [2.24, 2.45) is 11.1 Å². The fourth-order valence-corrected chi connectivity index (χ4v) is 3.80. The van der Waals surface area contributed by atoms with E-state index < -0.39 is 5.60 Å². The van der Waals surface area contributed by atoms with Crippen molar-refractivity contribution in [2.45, 2.75) is 44.1 Å². The standard InChI is InChI=1S/C16H23NO2/c1-19-14-4-3-12-5-8-16(18,10-13(12)9-14)15(11-17)6-2-7-15/h3-4,9,18H,2,5-8,10-11,17H2,1H3. The predicted molar refractivity (Wildman–Crippen MR) is 75.3 cm³/mol. The van der Waals surface area contributed by atoms with Crippen LogP contribution in [-0.4, -0.2) is 24.4 Å². The highest BCUT2D eigenvalue weighted by molar-refractivity contribution is 5.39. The van der Waals surface area contributed by atoms with Gasteiger partial charge < -0.3 is 15.6 Å². The molecule has 0 aromatic heterocycles. The van der Waals surface area contributed by atoms with Crippen molar-refractivity contribution in [3.63, 3.8) is 0 Å². The van der Waals surface area contributed by atoms with Gasteiger partial charge in [-0.3, -0.25) is 0 Å². The molecule has 19 heavy (non-hydrogen) atoms. The van der Waals surface area contributed by atoms with E-state index in [0.717, 1.165) is 37.9 Å². The van der Waals surface area contributed by atoms with E-state index in [1.54, 1.807) is 7.11 Å². The van der Waals surface area contributed by atoms with Gasteiger partial charge in [0.25, 0.3) is 0 Å². The minimum absolute atomic E-state index is 0.0479. The van der Waals surface area contributed by atoms with Crippen LogP contribution in [0.5, 0.6) is 5.75 Å². The van der Waals surface area contributed by atoms with Crippen molar-refractivity contribution in [2.75, 3.05) is 13.7 Å². The summed E-state index contributed by atoms with van der Waals surface area (Å²) < 4.78 is 5.29. The van der Waals surface area contributed by atoms with Crippen molar-refractivity contribution in [3.05, 3.63) is 29.3 Å². The minimum Gasteiger partial charge on any atom is -0.497 e. The Morgan fingerprint density at radius 3 is 2.63 bits per heavy atom. The maximum absolute atomic E-state index is 11.1. The Labute approximate surface area is 114 Å². The molecule has 0 bridgehead atoms. The summed E-state index contributed by atoms with van der Waals surface area (Å²) in [5.74, 6) is 0.874. The lowest BCUT2D eigenvalue weighted by molar-refractivity contribution is -0.130. The van der Waals surface area contributed by atoms with Gasteiger partial charge in [0.1, 0.15) is 5.75 Å². The molecule has 2 aliphatic carbocycles. The predicted octanol–water partition coefficient (Wildman–Crippen LogP) is 2.04. The van der Waals surface area contributed by atoms with Crippen LogP contribution in [0.25, 0.3) is 0 Å². The molecule has 1 unspecified atom stereocenters. The van der Waals surface area contributed by atoms with Crippen LogP contribution in [0.4, 0.5) is 0 Å². The van der Waals surface area contributed by atoms with Crippen LogP contribution in [0.15, 0.2) is 18.2 Å². The molecular weight excluding hydrogens is 238 g/mol. The molecule has 1 atom stereocenters. The normalized spacial score (nSPS) is 28.4. The molecule has 3 rings (SSSR count). The van der Waals surface area contributed by atoms with Crippen LogP contribution < -0.4 is 10.5 Å². The van der Waals surface area contributed by atoms with Crippen molar-refractivity contribution >= 4 is 0 Å². The van der Waals surface area contributed by atoms with Crippen LogP contribution in [0.2, 0.25) is 0 Å². The first-order valence-electron chi connectivity index (χ1n) is 7.21. The molecule has 1 aromatic carbocycles. The molecule has 1 aromatic rings. The largest absolute Gasteiger partial charge is 0.497 e. The summed E-state index contributed by atoms with van der Waals surface area (Å²) in [6, 6.07) is 6.21. The molecule has 0 radical (unpaired) electrons. The summed E-state index contributed by atoms with van der Waals surface area (Å²) in [5.41, 5.74) is 7.88. The van der Waals surface area contributed by atoms with E-state index in [0.29, 0.717) is 6.54 Å². The van der Waals surface area contributed by atoms with Gasteiger partial charge in [0, 0.05) is 18.4 Å². The third-order valence-corrected chi connectivity index (χ3v) is 5.39. The molecule has 1 saturated carbocycles. The van der Waals surface area contributed by atoms with E-state index in [4.69, 9.17) is 10.5 Å². The zero-order valence-electron chi connectivity index (χ0n) is 11.6. The summed E-state index contributed by atoms with van der Waals surface area (Å²) in [5, 5.41) is 11.1. The number of methoxy groups -OCH3 is 1. The van der Waals surface area contributed by atoms with E-state index in [-0.39, 0.29) is 5.41 Å². The number of aryl methyl sites for hydroxylation is 1. The van der Waals surface area contributed by atoms with Crippen LogP contribution in [-0.2, 0) is 12.8 Å². The van der Waals surface area contributed by atoms with Crippen molar-refractivity contribution in [1.29, 1.82) is 0 Å². The van der Waals surface area contributed by atoms with Crippen LogP contribution in [0.3, 0.4) is 0 Å². The number of aliphatic hydroxyl groups is 1. The van der Waals surface area contributed by atoms with Crippen molar-refractivity contribution in [3.8, 4) is 5.75 Å². The second-order valence-electron chi connectivity index (χ2n) is 6.18. The summed E-state index contributed by atoms with van der Waals surface area (Å²) >= 11 is 0. The lowest BCUT2D eigenvalue weighted by Gasteiger charge is -2.54. The highest BCUT2D eigenvalue weighted by atomic mass is 16.5. The highest BCUT2D eigenvalue weighted by Crippen LogP contribution is 2.53. The average Bonchev–Trinajstić information content (AvgIpc) is 2.36. The van der Waals surface area contributed by atoms with Gasteiger partial charge in [0.05, 0.1) is 12.7 Å². The Kier molecular flexibility index (Phi) is 3.06. The van der Waals surface area contributed by atoms with Gasteiger partial charge >= 0.3 is 0 Å². The second kappa shape index (κ2) is 4.50. The Morgan fingerprint density at radius 2 is 2.05 bits per heavy atom. The molecule has 0 saturated heterocycles. The summed E-state index contributed by atoms with van der Waals surface area (Å²) in [6.07, 6.45) is 5.83. The summed E-state index contributed by atoms with van der Waals surface area (Å²) in [4.78, 5) is 0. The topological polar surface area (TPSA) is 55.5 Å². The van der Waals surface area contributed by atoms with Gasteiger partial charge in [-0.05, 0) is 48.9 Å². The lowest BCUT2D eigenvalue weighted by atomic mass is 9.54. The zero-order valence-corrected chi connectivity index (χ0v) is 11.6. The van der Waals surface area contributed by atoms with Gasteiger partial charge in [-0.25, -0.2) is 0 Å². The Bertz CT molecular complexity index is 476. The second-order valence-corrected chi connectivity index (χ2v) is 6.18. The first kappa shape index (κ1) is 12.9. The van der Waals surface area contributed by atoms with Gasteiger partial charge in [-0.2, -0.15) is 0 Å². The van der Waals surface area contributed by atoms with Crippen molar-refractivity contribution in [1.82, 2.24) is 0 Å². The molecule has 3 heteroatoms. The van der Waals surface area contributed by atoms with Gasteiger partial charge in [0.2, 0.25) is 0 Å². The van der Waals surface area contributed by atoms with Crippen LogP contribution in [0, 0.1) is 5.41 Å². The molecule has 0 spiro atoms. The quantitative estimate of drug-likeness (QED) is 0.875. The Balaban J connectivity index is 1.92. The number of rotatable bonds is 3. The molecule has 1 fully saturated rings. The number of hydrogen-bond acceptors (Lipinski definition) is 3. The molecule has 3 N–H and O–H groups in total. The number of hydrogen-bond donors (Lipinski definition) is 2. The smallest absolute Gasteiger partial charge is 0.119 e.